The van der Waals surface area contributed by atoms with Gasteiger partial charge < -0.3 is 10.6 Å². The van der Waals surface area contributed by atoms with Gasteiger partial charge in [0, 0.05) is 11.7 Å². The monoisotopic (exact) mass is 236 g/mol. The summed E-state index contributed by atoms with van der Waals surface area (Å²) in [5, 5.41) is 5.33. The van der Waals surface area contributed by atoms with Crippen molar-refractivity contribution in [1.29, 1.82) is 0 Å². The highest BCUT2D eigenvalue weighted by molar-refractivity contribution is 5.76. The van der Waals surface area contributed by atoms with Crippen LogP contribution in [-0.2, 0) is 0 Å². The van der Waals surface area contributed by atoms with Crippen molar-refractivity contribution in [1.82, 2.24) is 10.6 Å². The summed E-state index contributed by atoms with van der Waals surface area (Å²) in [7, 11) is 0. The van der Waals surface area contributed by atoms with Gasteiger partial charge in [-0.15, -0.1) is 0 Å². The van der Waals surface area contributed by atoms with Crippen LogP contribution in [0.2, 0.25) is 0 Å². The summed E-state index contributed by atoms with van der Waals surface area (Å²) in [5.41, 5.74) is 0.552. The molecule has 0 heterocycles. The van der Waals surface area contributed by atoms with Crippen molar-refractivity contribution < 1.29 is 9.18 Å². The lowest BCUT2D eigenvalue weighted by atomic mass is 10.1. The molecule has 0 fully saturated rings. The summed E-state index contributed by atoms with van der Waals surface area (Å²) in [6.45, 7) is 5.70. The maximum absolute atomic E-state index is 12.6. The number of carbonyl (C=O) groups excluding carboxylic acids is 1. The minimum atomic E-state index is -0.277. The third kappa shape index (κ3) is 5.70. The van der Waals surface area contributed by atoms with Crippen LogP contribution in [0.1, 0.15) is 26.3 Å². The van der Waals surface area contributed by atoms with Crippen molar-refractivity contribution in [2.75, 3.05) is 0 Å². The highest BCUT2D eigenvalue weighted by Crippen LogP contribution is 2.04. The molecule has 3 nitrogen and oxygen atoms in total. The van der Waals surface area contributed by atoms with Crippen molar-refractivity contribution >= 4 is 12.1 Å². The van der Waals surface area contributed by atoms with E-state index in [2.05, 4.69) is 10.6 Å². The minimum absolute atomic E-state index is 0.268. The molecule has 2 amide bonds. The molecular formula is C13H17FN2O. The lowest BCUT2D eigenvalue weighted by Crippen LogP contribution is -2.44. The zero-order valence-electron chi connectivity index (χ0n) is 10.3. The van der Waals surface area contributed by atoms with E-state index in [1.54, 1.807) is 18.2 Å². The van der Waals surface area contributed by atoms with Crippen LogP contribution in [0.4, 0.5) is 9.18 Å². The van der Waals surface area contributed by atoms with Gasteiger partial charge in [0.1, 0.15) is 5.82 Å². The second-order valence-corrected chi connectivity index (χ2v) is 4.73. The van der Waals surface area contributed by atoms with Gasteiger partial charge in [0.05, 0.1) is 0 Å². The topological polar surface area (TPSA) is 41.1 Å². The molecule has 0 atom stereocenters. The van der Waals surface area contributed by atoms with E-state index in [0.717, 1.165) is 5.56 Å². The Morgan fingerprint density at radius 2 is 1.82 bits per heavy atom. The first kappa shape index (κ1) is 13.2. The average Bonchev–Trinajstić information content (AvgIpc) is 2.18. The molecular weight excluding hydrogens is 219 g/mol. The zero-order chi connectivity index (χ0) is 12.9. The molecule has 0 saturated heterocycles. The molecule has 0 spiro atoms. The van der Waals surface area contributed by atoms with E-state index in [4.69, 9.17) is 0 Å². The molecule has 1 aromatic rings. The predicted octanol–water partition coefficient (Wildman–Crippen LogP) is 2.89. The maximum Gasteiger partial charge on any atom is 0.319 e. The minimum Gasteiger partial charge on any atom is -0.333 e. The zero-order valence-corrected chi connectivity index (χ0v) is 10.3. The maximum atomic E-state index is 12.6. The fourth-order valence-electron chi connectivity index (χ4n) is 1.16. The van der Waals surface area contributed by atoms with E-state index < -0.39 is 0 Å². The van der Waals surface area contributed by atoms with Crippen LogP contribution in [0.25, 0.3) is 6.08 Å². The van der Waals surface area contributed by atoms with E-state index in [9.17, 15) is 9.18 Å². The van der Waals surface area contributed by atoms with Crippen LogP contribution >= 0.6 is 0 Å². The number of nitrogens with one attached hydrogen (secondary N) is 2. The van der Waals surface area contributed by atoms with Crippen molar-refractivity contribution in [3.8, 4) is 0 Å². The highest BCUT2D eigenvalue weighted by atomic mass is 19.1. The molecule has 0 aliphatic carbocycles. The molecule has 0 aliphatic rings. The second-order valence-electron chi connectivity index (χ2n) is 4.73. The number of rotatable bonds is 2. The Balaban J connectivity index is 2.45. The quantitative estimate of drug-likeness (QED) is 0.814. The fourth-order valence-corrected chi connectivity index (χ4v) is 1.16. The van der Waals surface area contributed by atoms with Crippen LogP contribution < -0.4 is 10.6 Å². The van der Waals surface area contributed by atoms with E-state index in [0.29, 0.717) is 0 Å². The molecule has 1 rings (SSSR count). The molecule has 0 unspecified atom stereocenters. The molecule has 4 heteroatoms. The molecule has 92 valence electrons. The lowest BCUT2D eigenvalue weighted by Gasteiger charge is -2.19. The van der Waals surface area contributed by atoms with Crippen molar-refractivity contribution in [2.45, 2.75) is 26.3 Å². The number of amides is 2. The van der Waals surface area contributed by atoms with Crippen LogP contribution in [0.15, 0.2) is 30.5 Å². The smallest absolute Gasteiger partial charge is 0.319 e. The molecule has 0 radical (unpaired) electrons. The summed E-state index contributed by atoms with van der Waals surface area (Å²) in [4.78, 5) is 11.4. The Hall–Kier alpha value is -1.84. The van der Waals surface area contributed by atoms with Gasteiger partial charge in [-0.3, -0.25) is 0 Å². The highest BCUT2D eigenvalue weighted by Gasteiger charge is 2.11. The number of hydrogen-bond donors (Lipinski definition) is 2. The summed E-state index contributed by atoms with van der Waals surface area (Å²) >= 11 is 0. The normalized spacial score (nSPS) is 11.5. The summed E-state index contributed by atoms with van der Waals surface area (Å²) in [5.74, 6) is -0.277. The van der Waals surface area contributed by atoms with Gasteiger partial charge >= 0.3 is 6.03 Å². The average molecular weight is 236 g/mol. The van der Waals surface area contributed by atoms with Crippen LogP contribution in [0.3, 0.4) is 0 Å². The first-order chi connectivity index (χ1) is 7.87. The van der Waals surface area contributed by atoms with Crippen molar-refractivity contribution in [3.05, 3.63) is 41.8 Å². The molecule has 0 saturated carbocycles. The number of hydrogen-bond acceptors (Lipinski definition) is 1. The first-order valence-corrected chi connectivity index (χ1v) is 5.38. The Kier molecular flexibility index (Phi) is 4.26. The van der Waals surface area contributed by atoms with Crippen LogP contribution in [-0.4, -0.2) is 11.6 Å². The molecule has 2 N–H and O–H groups in total. The second kappa shape index (κ2) is 5.48. The SMILES string of the molecule is CC(C)(C)NC(=O)N/C=C/c1ccc(F)cc1. The number of halogens is 1. The van der Waals surface area contributed by atoms with Gasteiger partial charge in [-0.05, 0) is 44.5 Å². The van der Waals surface area contributed by atoms with E-state index in [1.807, 2.05) is 20.8 Å². The van der Waals surface area contributed by atoms with Gasteiger partial charge in [-0.25, -0.2) is 9.18 Å². The summed E-state index contributed by atoms with van der Waals surface area (Å²) in [6, 6.07) is 5.74. The Morgan fingerprint density at radius 3 is 2.35 bits per heavy atom. The fraction of sp³-hybridized carbons (Fsp3) is 0.308. The molecule has 17 heavy (non-hydrogen) atoms. The van der Waals surface area contributed by atoms with Gasteiger partial charge in [-0.1, -0.05) is 12.1 Å². The Labute approximate surface area is 101 Å². The van der Waals surface area contributed by atoms with Crippen molar-refractivity contribution in [2.24, 2.45) is 0 Å². The summed E-state index contributed by atoms with van der Waals surface area (Å²) in [6.07, 6.45) is 3.22. The van der Waals surface area contributed by atoms with Crippen molar-refractivity contribution in [3.63, 3.8) is 0 Å². The third-order valence-electron chi connectivity index (χ3n) is 1.85. The first-order valence-electron chi connectivity index (χ1n) is 5.38. The van der Waals surface area contributed by atoms with Gasteiger partial charge in [-0.2, -0.15) is 0 Å². The Morgan fingerprint density at radius 1 is 1.24 bits per heavy atom. The van der Waals surface area contributed by atoms with E-state index >= 15 is 0 Å². The third-order valence-corrected chi connectivity index (χ3v) is 1.85. The predicted molar refractivity (Wildman–Crippen MR) is 66.9 cm³/mol. The largest absolute Gasteiger partial charge is 0.333 e. The van der Waals surface area contributed by atoms with Gasteiger partial charge in [0.15, 0.2) is 0 Å². The van der Waals surface area contributed by atoms with Gasteiger partial charge in [0.25, 0.3) is 0 Å². The molecule has 0 bridgehead atoms. The number of benzene rings is 1. The van der Waals surface area contributed by atoms with E-state index in [-0.39, 0.29) is 17.4 Å². The lowest BCUT2D eigenvalue weighted by molar-refractivity contribution is 0.235. The standard InChI is InChI=1S/C13H17FN2O/c1-13(2,3)16-12(17)15-9-8-10-4-6-11(14)7-5-10/h4-9H,1-3H3,(H2,15,16,17)/b9-8+. The molecule has 0 aliphatic heterocycles. The molecule has 0 aromatic heterocycles. The number of urea groups is 1. The van der Waals surface area contributed by atoms with E-state index in [1.165, 1.54) is 18.3 Å². The summed E-state index contributed by atoms with van der Waals surface area (Å²) < 4.78 is 12.6. The Bertz CT molecular complexity index is 404. The van der Waals surface area contributed by atoms with Gasteiger partial charge in [0.2, 0.25) is 0 Å². The number of carbonyl (C=O) groups is 1. The van der Waals surface area contributed by atoms with Crippen LogP contribution in [0.5, 0.6) is 0 Å². The van der Waals surface area contributed by atoms with Crippen LogP contribution in [0, 0.1) is 5.82 Å². The molecule has 1 aromatic carbocycles.